The smallest absolute Gasteiger partial charge is 0.279 e. The molecule has 0 aliphatic carbocycles. The van der Waals surface area contributed by atoms with Crippen molar-refractivity contribution in [3.05, 3.63) is 17.1 Å². The van der Waals surface area contributed by atoms with Crippen molar-refractivity contribution in [2.45, 2.75) is 58.9 Å². The van der Waals surface area contributed by atoms with Gasteiger partial charge in [0.25, 0.3) is 11.6 Å². The zero-order chi connectivity index (χ0) is 15.8. The summed E-state index contributed by atoms with van der Waals surface area (Å²) in [5, 5.41) is 11.9. The first kappa shape index (κ1) is 15.5. The summed E-state index contributed by atoms with van der Waals surface area (Å²) < 4.78 is 17.2. The molecule has 0 aromatic carbocycles. The third-order valence-corrected chi connectivity index (χ3v) is 3.49. The average molecular weight is 295 g/mol. The molecular formula is C14H23N4O3+. The van der Waals surface area contributed by atoms with Crippen LogP contribution in [0.5, 0.6) is 5.88 Å². The Bertz CT molecular complexity index is 622. The number of ether oxygens (including phenoxy) is 1. The van der Waals surface area contributed by atoms with Gasteiger partial charge < -0.3 is 4.74 Å². The van der Waals surface area contributed by atoms with Crippen LogP contribution in [0.15, 0.2) is 9.26 Å². The minimum absolute atomic E-state index is 0.0594. The van der Waals surface area contributed by atoms with Gasteiger partial charge in [-0.2, -0.15) is 0 Å². The summed E-state index contributed by atoms with van der Waals surface area (Å²) >= 11 is 0. The molecule has 2 aromatic heterocycles. The molecule has 7 nitrogen and oxygen atoms in total. The minimum atomic E-state index is -0.366. The van der Waals surface area contributed by atoms with E-state index in [0.29, 0.717) is 18.1 Å². The summed E-state index contributed by atoms with van der Waals surface area (Å²) in [6.07, 6.45) is 0. The Morgan fingerprint density at radius 2 is 1.71 bits per heavy atom. The standard InChI is InChI=1S/C14H23N4O3/c1-9-10(13(2,3)4)16-21-18(9)8-14(5,6)11-12(19-7)17-20-15-11/h8H2,1-7H3/q+1. The van der Waals surface area contributed by atoms with Crippen LogP contribution < -0.4 is 9.48 Å². The monoisotopic (exact) mass is 295 g/mol. The second kappa shape index (κ2) is 5.13. The molecular weight excluding hydrogens is 272 g/mol. The maximum Gasteiger partial charge on any atom is 0.279 e. The lowest BCUT2D eigenvalue weighted by Gasteiger charge is -2.18. The van der Waals surface area contributed by atoms with Gasteiger partial charge in [-0.3, -0.25) is 0 Å². The Kier molecular flexibility index (Phi) is 3.78. The van der Waals surface area contributed by atoms with Gasteiger partial charge in [0.15, 0.2) is 16.5 Å². The van der Waals surface area contributed by atoms with E-state index in [1.807, 2.05) is 20.8 Å². The van der Waals surface area contributed by atoms with Crippen LogP contribution in [0.3, 0.4) is 0 Å². The van der Waals surface area contributed by atoms with Crippen LogP contribution >= 0.6 is 0 Å². The number of hydrogen-bond donors (Lipinski definition) is 0. The zero-order valence-corrected chi connectivity index (χ0v) is 13.7. The molecule has 2 aromatic rings. The highest BCUT2D eigenvalue weighted by molar-refractivity contribution is 5.22. The number of rotatable bonds is 4. The van der Waals surface area contributed by atoms with E-state index in [0.717, 1.165) is 11.4 Å². The number of hydrogen-bond acceptors (Lipinski definition) is 6. The average Bonchev–Trinajstić information content (AvgIpc) is 2.96. The van der Waals surface area contributed by atoms with E-state index in [9.17, 15) is 0 Å². The van der Waals surface area contributed by atoms with Crippen LogP contribution in [0, 0.1) is 6.92 Å². The van der Waals surface area contributed by atoms with Crippen LogP contribution in [0.2, 0.25) is 0 Å². The van der Waals surface area contributed by atoms with Crippen molar-refractivity contribution in [3.8, 4) is 5.88 Å². The molecule has 0 amide bonds. The highest BCUT2D eigenvalue weighted by Gasteiger charge is 2.37. The first-order chi connectivity index (χ1) is 9.66. The fourth-order valence-electron chi connectivity index (χ4n) is 2.32. The molecule has 0 atom stereocenters. The maximum atomic E-state index is 5.48. The van der Waals surface area contributed by atoms with E-state index in [-0.39, 0.29) is 10.8 Å². The van der Waals surface area contributed by atoms with Crippen molar-refractivity contribution in [2.24, 2.45) is 0 Å². The van der Waals surface area contributed by atoms with Crippen molar-refractivity contribution < 1.29 is 18.7 Å². The molecule has 0 N–H and O–H groups in total. The zero-order valence-electron chi connectivity index (χ0n) is 13.7. The van der Waals surface area contributed by atoms with Gasteiger partial charge in [-0.25, -0.2) is 4.63 Å². The fourth-order valence-corrected chi connectivity index (χ4v) is 2.32. The Balaban J connectivity index is 2.31. The second-order valence-corrected chi connectivity index (χ2v) is 6.90. The van der Waals surface area contributed by atoms with E-state index in [1.54, 1.807) is 11.8 Å². The molecule has 0 bridgehead atoms. The molecule has 0 fully saturated rings. The second-order valence-electron chi connectivity index (χ2n) is 6.90. The summed E-state index contributed by atoms with van der Waals surface area (Å²) in [5.41, 5.74) is 2.19. The lowest BCUT2D eigenvalue weighted by atomic mass is 9.88. The topological polar surface area (TPSA) is 78.1 Å². The Hall–Kier alpha value is -1.92. The SMILES string of the molecule is COc1nonc1C(C)(C)C[n+]1onc(C(C)(C)C)c1C. The van der Waals surface area contributed by atoms with Crippen molar-refractivity contribution in [1.29, 1.82) is 0 Å². The Labute approximate surface area is 124 Å². The lowest BCUT2D eigenvalue weighted by Crippen LogP contribution is -2.44. The van der Waals surface area contributed by atoms with Gasteiger partial charge in [-0.05, 0) is 24.2 Å². The number of nitrogens with zero attached hydrogens (tertiary/aromatic N) is 4. The van der Waals surface area contributed by atoms with Crippen molar-refractivity contribution >= 4 is 0 Å². The third-order valence-electron chi connectivity index (χ3n) is 3.49. The summed E-state index contributed by atoms with van der Waals surface area (Å²) in [6.45, 7) is 13.0. The minimum Gasteiger partial charge on any atom is -0.477 e. The summed E-state index contributed by atoms with van der Waals surface area (Å²) in [4.78, 5) is 0. The predicted octanol–water partition coefficient (Wildman–Crippen LogP) is 1.94. The van der Waals surface area contributed by atoms with Crippen molar-refractivity contribution in [1.82, 2.24) is 15.5 Å². The highest BCUT2D eigenvalue weighted by Crippen LogP contribution is 2.29. The Morgan fingerprint density at radius 1 is 1.05 bits per heavy atom. The van der Waals surface area contributed by atoms with Crippen molar-refractivity contribution in [2.75, 3.05) is 7.11 Å². The van der Waals surface area contributed by atoms with E-state index in [4.69, 9.17) is 14.0 Å². The molecule has 116 valence electrons. The van der Waals surface area contributed by atoms with Gasteiger partial charge in [0.05, 0.1) is 12.5 Å². The third kappa shape index (κ3) is 2.91. The van der Waals surface area contributed by atoms with Crippen LogP contribution in [-0.2, 0) is 17.4 Å². The molecule has 0 aliphatic rings. The van der Waals surface area contributed by atoms with Gasteiger partial charge in [-0.15, -0.1) is 0 Å². The molecule has 2 rings (SSSR count). The van der Waals surface area contributed by atoms with Crippen LogP contribution in [0.4, 0.5) is 0 Å². The highest BCUT2D eigenvalue weighted by atomic mass is 16.6. The van der Waals surface area contributed by atoms with E-state index >= 15 is 0 Å². The van der Waals surface area contributed by atoms with Crippen LogP contribution in [0.25, 0.3) is 0 Å². The molecule has 0 saturated carbocycles. The fraction of sp³-hybridized carbons (Fsp3) is 0.714. The molecule has 0 spiro atoms. The van der Waals surface area contributed by atoms with Gasteiger partial charge in [0.2, 0.25) is 0 Å². The molecule has 0 unspecified atom stereocenters. The maximum absolute atomic E-state index is 5.48. The van der Waals surface area contributed by atoms with Gasteiger partial charge in [0.1, 0.15) is 6.54 Å². The number of methoxy groups -OCH3 is 1. The normalized spacial score (nSPS) is 12.7. The molecule has 2 heterocycles. The first-order valence-electron chi connectivity index (χ1n) is 6.91. The summed E-state index contributed by atoms with van der Waals surface area (Å²) in [5.74, 6) is 0.397. The van der Waals surface area contributed by atoms with Gasteiger partial charge >= 0.3 is 0 Å². The van der Waals surface area contributed by atoms with E-state index in [1.165, 1.54) is 0 Å². The quantitative estimate of drug-likeness (QED) is 0.802. The molecule has 21 heavy (non-hydrogen) atoms. The largest absolute Gasteiger partial charge is 0.477 e. The molecule has 0 radical (unpaired) electrons. The first-order valence-corrected chi connectivity index (χ1v) is 6.91. The van der Waals surface area contributed by atoms with Gasteiger partial charge in [-0.1, -0.05) is 30.1 Å². The summed E-state index contributed by atoms with van der Waals surface area (Å²) in [6, 6.07) is 0. The van der Waals surface area contributed by atoms with Crippen LogP contribution in [0.1, 0.15) is 51.7 Å². The lowest BCUT2D eigenvalue weighted by molar-refractivity contribution is -0.880. The van der Waals surface area contributed by atoms with Crippen molar-refractivity contribution in [3.63, 3.8) is 0 Å². The summed E-state index contributed by atoms with van der Waals surface area (Å²) in [7, 11) is 1.55. The molecule has 0 saturated heterocycles. The van der Waals surface area contributed by atoms with Gasteiger partial charge in [0, 0.05) is 12.3 Å². The molecule has 0 aliphatic heterocycles. The Morgan fingerprint density at radius 3 is 2.24 bits per heavy atom. The molecule has 7 heteroatoms. The van der Waals surface area contributed by atoms with Crippen LogP contribution in [-0.4, -0.2) is 22.6 Å². The predicted molar refractivity (Wildman–Crippen MR) is 74.0 cm³/mol. The number of aromatic nitrogens is 4. The van der Waals surface area contributed by atoms with E-state index < -0.39 is 0 Å². The van der Waals surface area contributed by atoms with E-state index in [2.05, 4.69) is 36.2 Å².